The van der Waals surface area contributed by atoms with Crippen LogP contribution in [0.4, 0.5) is 4.79 Å². The minimum atomic E-state index is -1.34. The van der Waals surface area contributed by atoms with Crippen LogP contribution in [0, 0.1) is 0 Å². The number of hydrogen-bond acceptors (Lipinski definition) is 6. The first-order valence-electron chi connectivity index (χ1n) is 7.81. The predicted molar refractivity (Wildman–Crippen MR) is 84.8 cm³/mol. The zero-order valence-electron chi connectivity index (χ0n) is 15.1. The first-order chi connectivity index (χ1) is 10.4. The molecule has 7 heteroatoms. The second kappa shape index (κ2) is 6.86. The third-order valence-corrected chi connectivity index (χ3v) is 3.31. The number of amides is 2. The molecule has 0 unspecified atom stereocenters. The van der Waals surface area contributed by atoms with Crippen LogP contribution in [-0.2, 0) is 19.1 Å². The normalized spacial score (nSPS) is 22.0. The Labute approximate surface area is 137 Å². The summed E-state index contributed by atoms with van der Waals surface area (Å²) in [6, 6.07) is 0. The van der Waals surface area contributed by atoms with Gasteiger partial charge < -0.3 is 14.4 Å². The highest BCUT2D eigenvalue weighted by Gasteiger charge is 2.56. The van der Waals surface area contributed by atoms with Crippen LogP contribution >= 0.6 is 0 Å². The predicted octanol–water partition coefficient (Wildman–Crippen LogP) is 1.80. The highest BCUT2D eigenvalue weighted by Crippen LogP contribution is 2.34. The van der Waals surface area contributed by atoms with Gasteiger partial charge in [0.25, 0.3) is 0 Å². The Morgan fingerprint density at radius 1 is 1.30 bits per heavy atom. The van der Waals surface area contributed by atoms with Crippen LogP contribution in [0.5, 0.6) is 0 Å². The smallest absolute Gasteiger partial charge is 0.418 e. The van der Waals surface area contributed by atoms with Crippen LogP contribution in [0.3, 0.4) is 0 Å². The van der Waals surface area contributed by atoms with Crippen molar-refractivity contribution in [2.75, 3.05) is 20.6 Å². The lowest BCUT2D eigenvalue weighted by molar-refractivity contribution is -0.163. The maximum absolute atomic E-state index is 12.7. The SMILES string of the molecule is CC(C)OC(=O)[C@]1(CN(C)C)CCC(=O)N1C(=O)OC(C)(C)C. The number of hydrogen-bond donors (Lipinski definition) is 0. The van der Waals surface area contributed by atoms with Crippen molar-refractivity contribution < 1.29 is 23.9 Å². The van der Waals surface area contributed by atoms with Crippen LogP contribution in [-0.4, -0.2) is 65.7 Å². The van der Waals surface area contributed by atoms with E-state index in [9.17, 15) is 14.4 Å². The third-order valence-electron chi connectivity index (χ3n) is 3.31. The topological polar surface area (TPSA) is 76.2 Å². The fraction of sp³-hybridized carbons (Fsp3) is 0.812. The molecule has 0 radical (unpaired) electrons. The lowest BCUT2D eigenvalue weighted by atomic mass is 9.95. The van der Waals surface area contributed by atoms with E-state index in [0.717, 1.165) is 4.90 Å². The molecule has 132 valence electrons. The Balaban J connectivity index is 3.22. The van der Waals surface area contributed by atoms with E-state index in [2.05, 4.69) is 0 Å². The monoisotopic (exact) mass is 328 g/mol. The summed E-state index contributed by atoms with van der Waals surface area (Å²) >= 11 is 0. The minimum Gasteiger partial charge on any atom is -0.461 e. The fourth-order valence-corrected chi connectivity index (χ4v) is 2.61. The van der Waals surface area contributed by atoms with Gasteiger partial charge in [-0.1, -0.05) is 0 Å². The van der Waals surface area contributed by atoms with Gasteiger partial charge in [0.15, 0.2) is 5.54 Å². The van der Waals surface area contributed by atoms with Gasteiger partial charge in [0.05, 0.1) is 6.10 Å². The zero-order valence-corrected chi connectivity index (χ0v) is 15.1. The Bertz CT molecular complexity index is 481. The summed E-state index contributed by atoms with van der Waals surface area (Å²) in [6.45, 7) is 8.80. The number of likely N-dealkylation sites (N-methyl/N-ethyl adjacent to an activating group) is 1. The summed E-state index contributed by atoms with van der Waals surface area (Å²) in [6.07, 6.45) is -0.796. The Morgan fingerprint density at radius 3 is 2.30 bits per heavy atom. The molecule has 0 aliphatic carbocycles. The van der Waals surface area contributed by atoms with E-state index in [1.54, 1.807) is 53.6 Å². The van der Waals surface area contributed by atoms with E-state index in [-0.39, 0.29) is 25.5 Å². The zero-order chi connectivity index (χ0) is 18.0. The highest BCUT2D eigenvalue weighted by atomic mass is 16.6. The van der Waals surface area contributed by atoms with Gasteiger partial charge in [-0.2, -0.15) is 0 Å². The van der Waals surface area contributed by atoms with Gasteiger partial charge in [0.1, 0.15) is 5.60 Å². The molecule has 1 rings (SSSR count). The summed E-state index contributed by atoms with van der Waals surface area (Å²) in [7, 11) is 3.56. The maximum Gasteiger partial charge on any atom is 0.418 e. The minimum absolute atomic E-state index is 0.111. The van der Waals surface area contributed by atoms with E-state index in [0.29, 0.717) is 0 Å². The molecule has 1 saturated heterocycles. The molecule has 1 heterocycles. The average molecular weight is 328 g/mol. The van der Waals surface area contributed by atoms with Crippen molar-refractivity contribution in [3.8, 4) is 0 Å². The Morgan fingerprint density at radius 2 is 1.87 bits per heavy atom. The summed E-state index contributed by atoms with van der Waals surface area (Å²) < 4.78 is 10.7. The van der Waals surface area contributed by atoms with Crippen molar-refractivity contribution in [3.63, 3.8) is 0 Å². The van der Waals surface area contributed by atoms with Crippen molar-refractivity contribution in [2.24, 2.45) is 0 Å². The van der Waals surface area contributed by atoms with Gasteiger partial charge in [-0.05, 0) is 55.1 Å². The lowest BCUT2D eigenvalue weighted by Crippen LogP contribution is -2.61. The van der Waals surface area contributed by atoms with Gasteiger partial charge in [0.2, 0.25) is 5.91 Å². The van der Waals surface area contributed by atoms with Gasteiger partial charge in [-0.15, -0.1) is 0 Å². The van der Waals surface area contributed by atoms with Gasteiger partial charge in [-0.3, -0.25) is 4.79 Å². The summed E-state index contributed by atoms with van der Waals surface area (Å²) in [5.74, 6) is -0.986. The molecule has 0 N–H and O–H groups in total. The van der Waals surface area contributed by atoms with Crippen molar-refractivity contribution in [3.05, 3.63) is 0 Å². The maximum atomic E-state index is 12.7. The second-order valence-electron chi connectivity index (χ2n) is 7.43. The molecule has 7 nitrogen and oxygen atoms in total. The number of imide groups is 1. The van der Waals surface area contributed by atoms with Crippen LogP contribution < -0.4 is 0 Å². The van der Waals surface area contributed by atoms with Gasteiger partial charge in [0, 0.05) is 13.0 Å². The number of carbonyl (C=O) groups is 3. The molecule has 1 aliphatic rings. The van der Waals surface area contributed by atoms with Crippen molar-refractivity contribution in [1.82, 2.24) is 9.80 Å². The molecule has 1 aliphatic heterocycles. The fourth-order valence-electron chi connectivity index (χ4n) is 2.61. The molecule has 23 heavy (non-hydrogen) atoms. The highest BCUT2D eigenvalue weighted by molar-refractivity contribution is 6.02. The van der Waals surface area contributed by atoms with Crippen LogP contribution in [0.1, 0.15) is 47.5 Å². The number of carbonyl (C=O) groups excluding carboxylic acids is 3. The molecule has 0 aromatic rings. The van der Waals surface area contributed by atoms with Crippen LogP contribution in [0.15, 0.2) is 0 Å². The number of esters is 1. The van der Waals surface area contributed by atoms with E-state index >= 15 is 0 Å². The lowest BCUT2D eigenvalue weighted by Gasteiger charge is -2.37. The molecule has 0 aromatic heterocycles. The molecule has 2 amide bonds. The number of nitrogens with zero attached hydrogens (tertiary/aromatic N) is 2. The Kier molecular flexibility index (Phi) is 5.79. The molecule has 1 atom stereocenters. The average Bonchev–Trinajstić information content (AvgIpc) is 2.63. The van der Waals surface area contributed by atoms with Gasteiger partial charge >= 0.3 is 12.1 Å². The number of likely N-dealkylation sites (tertiary alicyclic amines) is 1. The molecule has 0 bridgehead atoms. The standard InChI is InChI=1S/C16H28N2O5/c1-11(2)22-13(20)16(10-17(6)7)9-8-12(19)18(16)14(21)23-15(3,4)5/h11H,8-10H2,1-7H3/t16-/m1/s1. The number of ether oxygens (including phenoxy) is 2. The second-order valence-corrected chi connectivity index (χ2v) is 7.43. The molecular formula is C16H28N2O5. The molecule has 0 saturated carbocycles. The van der Waals surface area contributed by atoms with E-state index in [1.807, 2.05) is 0 Å². The Hall–Kier alpha value is -1.63. The van der Waals surface area contributed by atoms with Crippen LogP contribution in [0.25, 0.3) is 0 Å². The quantitative estimate of drug-likeness (QED) is 0.733. The first kappa shape index (κ1) is 19.4. The van der Waals surface area contributed by atoms with Gasteiger partial charge in [-0.25, -0.2) is 14.5 Å². The van der Waals surface area contributed by atoms with Crippen molar-refractivity contribution >= 4 is 18.0 Å². The summed E-state index contributed by atoms with van der Waals surface area (Å²) in [5, 5.41) is 0. The molecular weight excluding hydrogens is 300 g/mol. The number of rotatable bonds is 4. The third kappa shape index (κ3) is 4.67. The summed E-state index contributed by atoms with van der Waals surface area (Å²) in [5.41, 5.74) is -2.10. The van der Waals surface area contributed by atoms with E-state index in [1.165, 1.54) is 0 Å². The molecule has 0 spiro atoms. The largest absolute Gasteiger partial charge is 0.461 e. The van der Waals surface area contributed by atoms with E-state index in [4.69, 9.17) is 9.47 Å². The molecule has 0 aromatic carbocycles. The molecule has 1 fully saturated rings. The first-order valence-corrected chi connectivity index (χ1v) is 7.81. The van der Waals surface area contributed by atoms with Crippen molar-refractivity contribution in [2.45, 2.75) is 64.7 Å². The van der Waals surface area contributed by atoms with Crippen LogP contribution in [0.2, 0.25) is 0 Å². The van der Waals surface area contributed by atoms with E-state index < -0.39 is 29.1 Å². The van der Waals surface area contributed by atoms with Crippen molar-refractivity contribution in [1.29, 1.82) is 0 Å². The summed E-state index contributed by atoms with van der Waals surface area (Å²) in [4.78, 5) is 40.2.